The summed E-state index contributed by atoms with van der Waals surface area (Å²) in [5.74, 6) is 0.860. The number of hydrogen-bond acceptors (Lipinski definition) is 1. The van der Waals surface area contributed by atoms with E-state index in [1.807, 2.05) is 24.3 Å². The van der Waals surface area contributed by atoms with Crippen molar-refractivity contribution in [2.24, 2.45) is 0 Å². The summed E-state index contributed by atoms with van der Waals surface area (Å²) in [6, 6.07) is 10.3. The Kier molecular flexibility index (Phi) is 8.85. The van der Waals surface area contributed by atoms with Crippen molar-refractivity contribution in [1.29, 1.82) is 0 Å². The quantitative estimate of drug-likeness (QED) is 0.469. The number of ether oxygens (including phenoxy) is 1. The Hall–Kier alpha value is -0.137. The van der Waals surface area contributed by atoms with Crippen LogP contribution in [0.4, 0.5) is 0 Å². The van der Waals surface area contributed by atoms with Crippen LogP contribution in [0.3, 0.4) is 0 Å². The van der Waals surface area contributed by atoms with Crippen LogP contribution in [-0.4, -0.2) is 6.61 Å². The van der Waals surface area contributed by atoms with E-state index >= 15 is 0 Å². The van der Waals surface area contributed by atoms with Crippen LogP contribution in [0.25, 0.3) is 0 Å². The van der Waals surface area contributed by atoms with Crippen LogP contribution in [-0.2, 0) is 16.3 Å². The first kappa shape index (κ1) is 11.9. The van der Waals surface area contributed by atoms with Gasteiger partial charge < -0.3 is 4.74 Å². The van der Waals surface area contributed by atoms with Gasteiger partial charge in [-0.1, -0.05) is 12.7 Å². The van der Waals surface area contributed by atoms with Gasteiger partial charge in [0, 0.05) is 5.75 Å². The predicted molar refractivity (Wildman–Crippen MR) is 49.9 cm³/mol. The fourth-order valence-corrected chi connectivity index (χ4v) is 0.623. The molecule has 0 N–H and O–H groups in total. The van der Waals surface area contributed by atoms with Crippen LogP contribution in [0.15, 0.2) is 36.9 Å². The Morgan fingerprint density at radius 3 is 2.58 bits per heavy atom. The van der Waals surface area contributed by atoms with Crippen LogP contribution in [0.2, 0.25) is 0 Å². The molecule has 12 heavy (non-hydrogen) atoms. The summed E-state index contributed by atoms with van der Waals surface area (Å²) >= 11 is 4.25. The van der Waals surface area contributed by atoms with Gasteiger partial charge >= 0.3 is 30.0 Å². The van der Waals surface area contributed by atoms with E-state index in [4.69, 9.17) is 4.74 Å². The molecular weight excluding hydrogens is 269 g/mol. The van der Waals surface area contributed by atoms with Crippen molar-refractivity contribution in [3.05, 3.63) is 43.0 Å². The third kappa shape index (κ3) is 5.51. The van der Waals surface area contributed by atoms with Gasteiger partial charge in [0.15, 0.2) is 0 Å². The zero-order valence-corrected chi connectivity index (χ0v) is 11.3. The molecule has 0 spiro atoms. The van der Waals surface area contributed by atoms with Crippen LogP contribution in [0, 0.1) is 6.07 Å². The summed E-state index contributed by atoms with van der Waals surface area (Å²) < 4.78 is 5.22. The van der Waals surface area contributed by atoms with Crippen molar-refractivity contribution in [3.8, 4) is 5.75 Å². The molecule has 0 atom stereocenters. The number of hydrogen-bond donors (Lipinski definition) is 0. The SMILES string of the molecule is C=CCOc1cc[c-]cc1.[Zn+][Br]. The van der Waals surface area contributed by atoms with Gasteiger partial charge in [0.2, 0.25) is 0 Å². The third-order valence-corrected chi connectivity index (χ3v) is 1.06. The van der Waals surface area contributed by atoms with Crippen LogP contribution < -0.4 is 4.74 Å². The van der Waals surface area contributed by atoms with Crippen molar-refractivity contribution in [3.63, 3.8) is 0 Å². The molecule has 0 aromatic heterocycles. The molecule has 1 rings (SSSR count). The van der Waals surface area contributed by atoms with E-state index in [9.17, 15) is 0 Å². The number of halogens is 1. The molecule has 0 fully saturated rings. The topological polar surface area (TPSA) is 9.23 Å². The first-order valence-corrected chi connectivity index (χ1v) is 10.3. The Bertz CT molecular complexity index is 201. The fourth-order valence-electron chi connectivity index (χ4n) is 0.623. The monoisotopic (exact) mass is 276 g/mol. The van der Waals surface area contributed by atoms with Gasteiger partial charge in [-0.3, -0.25) is 0 Å². The first-order chi connectivity index (χ1) is 5.93. The van der Waals surface area contributed by atoms with Gasteiger partial charge in [0.05, 0.1) is 0 Å². The molecule has 0 bridgehead atoms. The Morgan fingerprint density at radius 2 is 2.08 bits per heavy atom. The first-order valence-electron chi connectivity index (χ1n) is 3.40. The second kappa shape index (κ2) is 8.96. The van der Waals surface area contributed by atoms with Gasteiger partial charge in [-0.05, 0) is 0 Å². The molecule has 0 unspecified atom stereocenters. The van der Waals surface area contributed by atoms with Gasteiger partial charge in [-0.25, -0.2) is 0 Å². The normalized spacial score (nSPS) is 7.92. The van der Waals surface area contributed by atoms with Gasteiger partial charge in [-0.2, -0.15) is 18.2 Å². The van der Waals surface area contributed by atoms with Crippen molar-refractivity contribution in [2.45, 2.75) is 0 Å². The molecule has 1 aromatic rings. The van der Waals surface area contributed by atoms with Crippen LogP contribution in [0.5, 0.6) is 5.75 Å². The molecule has 1 aromatic carbocycles. The molecule has 0 saturated heterocycles. The fraction of sp³-hybridized carbons (Fsp3) is 0.111. The molecule has 0 aliphatic carbocycles. The molecular formula is C9H9BrOZn. The van der Waals surface area contributed by atoms with Gasteiger partial charge in [0.25, 0.3) is 0 Å². The van der Waals surface area contributed by atoms with Gasteiger partial charge in [0.1, 0.15) is 6.61 Å². The molecule has 1 nitrogen and oxygen atoms in total. The third-order valence-electron chi connectivity index (χ3n) is 1.06. The van der Waals surface area contributed by atoms with Crippen LogP contribution >= 0.6 is 13.6 Å². The molecule has 3 heteroatoms. The van der Waals surface area contributed by atoms with E-state index in [-0.39, 0.29) is 0 Å². The predicted octanol–water partition coefficient (Wildman–Crippen LogP) is 2.89. The summed E-state index contributed by atoms with van der Waals surface area (Å²) in [4.78, 5) is 0. The zero-order chi connectivity index (χ0) is 9.23. The minimum atomic E-state index is 0.560. The second-order valence-electron chi connectivity index (χ2n) is 1.84. The van der Waals surface area contributed by atoms with E-state index in [0.717, 1.165) is 5.75 Å². The van der Waals surface area contributed by atoms with Gasteiger partial charge in [-0.15, -0.1) is 12.1 Å². The Labute approximate surface area is 89.9 Å². The molecule has 60 valence electrons. The number of benzene rings is 1. The van der Waals surface area contributed by atoms with E-state index in [1.54, 1.807) is 6.08 Å². The molecule has 0 aliphatic rings. The minimum absolute atomic E-state index is 0.560. The summed E-state index contributed by atoms with van der Waals surface area (Å²) in [6.45, 7) is 4.10. The van der Waals surface area contributed by atoms with E-state index < -0.39 is 0 Å². The molecule has 0 saturated carbocycles. The van der Waals surface area contributed by atoms with Crippen LogP contribution in [0.1, 0.15) is 0 Å². The standard InChI is InChI=1S/C9H9O.BrH.Zn/c1-2-8-10-9-6-4-3-5-7-9;;/h2,4-7H,1,8H2;1H;/q-1;;+2/p-1. The zero-order valence-electron chi connectivity index (χ0n) is 6.79. The summed E-state index contributed by atoms with van der Waals surface area (Å²) in [5, 5.41) is 0. The van der Waals surface area contributed by atoms with Crippen molar-refractivity contribution in [2.75, 3.05) is 6.61 Å². The summed E-state index contributed by atoms with van der Waals surface area (Å²) in [7, 11) is 0. The maximum absolute atomic E-state index is 5.22. The molecule has 0 heterocycles. The average molecular weight is 278 g/mol. The average Bonchev–Trinajstić information content (AvgIpc) is 2.19. The Morgan fingerprint density at radius 1 is 1.50 bits per heavy atom. The molecule has 0 aliphatic heterocycles. The van der Waals surface area contributed by atoms with E-state index in [2.05, 4.69) is 26.3 Å². The van der Waals surface area contributed by atoms with Crippen molar-refractivity contribution in [1.82, 2.24) is 0 Å². The van der Waals surface area contributed by atoms with Crippen molar-refractivity contribution >= 4 is 13.6 Å². The second-order valence-corrected chi connectivity index (χ2v) is 1.84. The molecule has 0 radical (unpaired) electrons. The molecule has 0 amide bonds. The maximum atomic E-state index is 5.22. The van der Waals surface area contributed by atoms with E-state index in [0.29, 0.717) is 6.61 Å². The Balaban J connectivity index is 0.000000561. The summed E-state index contributed by atoms with van der Waals surface area (Å²) in [6.07, 6.45) is 1.72. The number of rotatable bonds is 3. The summed E-state index contributed by atoms with van der Waals surface area (Å²) in [5.41, 5.74) is 0. The van der Waals surface area contributed by atoms with Crippen molar-refractivity contribution < 1.29 is 21.1 Å². The van der Waals surface area contributed by atoms with E-state index in [1.165, 1.54) is 16.3 Å².